The topological polar surface area (TPSA) is 32.3 Å². The lowest BCUT2D eigenvalue weighted by atomic mass is 10.0. The number of carbonyl (C=O) groups is 1. The van der Waals surface area contributed by atoms with E-state index < -0.39 is 0 Å². The lowest BCUT2D eigenvalue weighted by molar-refractivity contribution is -0.116. The average molecular weight is 308 g/mol. The number of hydrogen-bond acceptors (Lipinski definition) is 2. The SMILES string of the molecule is Cc1ccc(NC(=O)CCN2CCCc3ccccc32)c(C)c1. The van der Waals surface area contributed by atoms with Crippen molar-refractivity contribution in [3.63, 3.8) is 0 Å². The average Bonchev–Trinajstić information content (AvgIpc) is 2.55. The van der Waals surface area contributed by atoms with E-state index in [4.69, 9.17) is 0 Å². The van der Waals surface area contributed by atoms with Crippen molar-refractivity contribution in [2.75, 3.05) is 23.3 Å². The molecule has 0 atom stereocenters. The van der Waals surface area contributed by atoms with E-state index in [1.165, 1.54) is 16.8 Å². The fourth-order valence-corrected chi connectivity index (χ4v) is 3.25. The molecule has 0 spiro atoms. The first kappa shape index (κ1) is 15.6. The molecule has 23 heavy (non-hydrogen) atoms. The van der Waals surface area contributed by atoms with Crippen LogP contribution in [-0.2, 0) is 11.2 Å². The van der Waals surface area contributed by atoms with Gasteiger partial charge in [0.1, 0.15) is 0 Å². The Balaban J connectivity index is 1.59. The van der Waals surface area contributed by atoms with Gasteiger partial charge in [0.15, 0.2) is 0 Å². The Morgan fingerprint density at radius 3 is 2.83 bits per heavy atom. The standard InChI is InChI=1S/C20H24N2O/c1-15-9-10-18(16(2)14-15)21-20(23)11-13-22-12-5-7-17-6-3-4-8-19(17)22/h3-4,6,8-10,14H,5,7,11-13H2,1-2H3,(H,21,23). The Hall–Kier alpha value is -2.29. The maximum Gasteiger partial charge on any atom is 0.226 e. The molecule has 0 saturated heterocycles. The molecule has 1 N–H and O–H groups in total. The Morgan fingerprint density at radius 1 is 1.17 bits per heavy atom. The van der Waals surface area contributed by atoms with Crippen LogP contribution in [0.5, 0.6) is 0 Å². The van der Waals surface area contributed by atoms with Crippen molar-refractivity contribution >= 4 is 17.3 Å². The molecule has 1 aliphatic rings. The molecule has 0 bridgehead atoms. The van der Waals surface area contributed by atoms with E-state index in [9.17, 15) is 4.79 Å². The summed E-state index contributed by atoms with van der Waals surface area (Å²) in [7, 11) is 0. The molecule has 0 aliphatic carbocycles. The predicted molar refractivity (Wildman–Crippen MR) is 96.1 cm³/mol. The first-order valence-electron chi connectivity index (χ1n) is 8.33. The van der Waals surface area contributed by atoms with Gasteiger partial charge in [-0.3, -0.25) is 4.79 Å². The molecule has 0 fully saturated rings. The highest BCUT2D eigenvalue weighted by molar-refractivity contribution is 5.91. The summed E-state index contributed by atoms with van der Waals surface area (Å²) in [5.74, 6) is 0.0833. The van der Waals surface area contributed by atoms with Crippen LogP contribution in [0, 0.1) is 13.8 Å². The number of hydrogen-bond donors (Lipinski definition) is 1. The lowest BCUT2D eigenvalue weighted by Crippen LogP contribution is -2.32. The van der Waals surface area contributed by atoms with E-state index in [-0.39, 0.29) is 5.91 Å². The molecular formula is C20H24N2O. The summed E-state index contributed by atoms with van der Waals surface area (Å²) in [4.78, 5) is 14.6. The van der Waals surface area contributed by atoms with E-state index in [1.54, 1.807) is 0 Å². The number of fused-ring (bicyclic) bond motifs is 1. The number of benzene rings is 2. The number of rotatable bonds is 4. The second-order valence-electron chi connectivity index (χ2n) is 6.34. The Morgan fingerprint density at radius 2 is 2.00 bits per heavy atom. The zero-order valence-electron chi connectivity index (χ0n) is 13.9. The number of aryl methyl sites for hydroxylation is 3. The van der Waals surface area contributed by atoms with Gasteiger partial charge in [-0.1, -0.05) is 35.9 Å². The van der Waals surface area contributed by atoms with Crippen molar-refractivity contribution < 1.29 is 4.79 Å². The summed E-state index contributed by atoms with van der Waals surface area (Å²) in [6.45, 7) is 5.90. The number of carbonyl (C=O) groups excluding carboxylic acids is 1. The summed E-state index contributed by atoms with van der Waals surface area (Å²) in [6.07, 6.45) is 2.82. The molecular weight excluding hydrogens is 284 g/mol. The molecule has 0 saturated carbocycles. The smallest absolute Gasteiger partial charge is 0.226 e. The Kier molecular flexibility index (Phi) is 4.65. The van der Waals surface area contributed by atoms with Gasteiger partial charge < -0.3 is 10.2 Å². The van der Waals surface area contributed by atoms with Crippen LogP contribution < -0.4 is 10.2 Å². The van der Waals surface area contributed by atoms with Crippen LogP contribution in [0.15, 0.2) is 42.5 Å². The van der Waals surface area contributed by atoms with E-state index in [1.807, 2.05) is 19.1 Å². The third-order valence-corrected chi connectivity index (χ3v) is 4.47. The molecule has 2 aromatic carbocycles. The number of nitrogens with one attached hydrogen (secondary N) is 1. The molecule has 3 heteroatoms. The first-order valence-corrected chi connectivity index (χ1v) is 8.33. The van der Waals surface area contributed by atoms with E-state index in [0.29, 0.717) is 6.42 Å². The van der Waals surface area contributed by atoms with Crippen molar-refractivity contribution in [1.82, 2.24) is 0 Å². The maximum atomic E-state index is 12.3. The zero-order valence-corrected chi connectivity index (χ0v) is 13.9. The molecule has 3 rings (SSSR count). The molecule has 0 aromatic heterocycles. The highest BCUT2D eigenvalue weighted by Crippen LogP contribution is 2.26. The van der Waals surface area contributed by atoms with Gasteiger partial charge >= 0.3 is 0 Å². The van der Waals surface area contributed by atoms with Gasteiger partial charge in [0.05, 0.1) is 0 Å². The Labute approximate surface area is 138 Å². The predicted octanol–water partition coefficient (Wildman–Crippen LogP) is 4.08. The molecule has 0 radical (unpaired) electrons. The first-order chi connectivity index (χ1) is 11.1. The zero-order chi connectivity index (χ0) is 16.2. The summed E-state index contributed by atoms with van der Waals surface area (Å²) in [5.41, 5.74) is 5.93. The number of anilines is 2. The lowest BCUT2D eigenvalue weighted by Gasteiger charge is -2.31. The summed E-state index contributed by atoms with van der Waals surface area (Å²) < 4.78 is 0. The van der Waals surface area contributed by atoms with Gasteiger partial charge in [-0.15, -0.1) is 0 Å². The van der Waals surface area contributed by atoms with Gasteiger partial charge in [0.25, 0.3) is 0 Å². The third kappa shape index (κ3) is 3.73. The van der Waals surface area contributed by atoms with Gasteiger partial charge in [0, 0.05) is 30.9 Å². The minimum absolute atomic E-state index is 0.0833. The molecule has 1 aliphatic heterocycles. The van der Waals surface area contributed by atoms with Gasteiger partial charge in [-0.05, 0) is 49.9 Å². The second-order valence-corrected chi connectivity index (χ2v) is 6.34. The van der Waals surface area contributed by atoms with Crippen LogP contribution in [0.3, 0.4) is 0 Å². The van der Waals surface area contributed by atoms with E-state index >= 15 is 0 Å². The summed E-state index contributed by atoms with van der Waals surface area (Å²) in [6, 6.07) is 14.6. The van der Waals surface area contributed by atoms with Crippen molar-refractivity contribution in [2.24, 2.45) is 0 Å². The Bertz CT molecular complexity index is 709. The second kappa shape index (κ2) is 6.86. The van der Waals surface area contributed by atoms with Crippen LogP contribution in [-0.4, -0.2) is 19.0 Å². The minimum atomic E-state index is 0.0833. The van der Waals surface area contributed by atoms with Crippen LogP contribution in [0.1, 0.15) is 29.5 Å². The minimum Gasteiger partial charge on any atom is -0.371 e. The number of para-hydroxylation sites is 1. The fourth-order valence-electron chi connectivity index (χ4n) is 3.25. The van der Waals surface area contributed by atoms with E-state index in [2.05, 4.69) is 47.5 Å². The monoisotopic (exact) mass is 308 g/mol. The third-order valence-electron chi connectivity index (χ3n) is 4.47. The number of nitrogens with zero attached hydrogens (tertiary/aromatic N) is 1. The molecule has 3 nitrogen and oxygen atoms in total. The molecule has 0 unspecified atom stereocenters. The summed E-state index contributed by atoms with van der Waals surface area (Å²) in [5, 5.41) is 3.04. The molecule has 1 heterocycles. The summed E-state index contributed by atoms with van der Waals surface area (Å²) >= 11 is 0. The fraction of sp³-hybridized carbons (Fsp3) is 0.350. The van der Waals surface area contributed by atoms with Gasteiger partial charge in [-0.2, -0.15) is 0 Å². The molecule has 2 aromatic rings. The van der Waals surface area contributed by atoms with Crippen LogP contribution in [0.2, 0.25) is 0 Å². The van der Waals surface area contributed by atoms with Crippen LogP contribution in [0.4, 0.5) is 11.4 Å². The largest absolute Gasteiger partial charge is 0.371 e. The van der Waals surface area contributed by atoms with Crippen molar-refractivity contribution in [3.05, 3.63) is 59.2 Å². The van der Waals surface area contributed by atoms with Crippen molar-refractivity contribution in [1.29, 1.82) is 0 Å². The van der Waals surface area contributed by atoms with Crippen LogP contribution >= 0.6 is 0 Å². The van der Waals surface area contributed by atoms with Crippen molar-refractivity contribution in [2.45, 2.75) is 33.1 Å². The van der Waals surface area contributed by atoms with Crippen LogP contribution in [0.25, 0.3) is 0 Å². The van der Waals surface area contributed by atoms with Gasteiger partial charge in [-0.25, -0.2) is 0 Å². The normalized spacial score (nSPS) is 13.6. The highest BCUT2D eigenvalue weighted by atomic mass is 16.1. The number of amides is 1. The highest BCUT2D eigenvalue weighted by Gasteiger charge is 2.17. The quantitative estimate of drug-likeness (QED) is 0.923. The molecule has 120 valence electrons. The van der Waals surface area contributed by atoms with E-state index in [0.717, 1.165) is 37.2 Å². The maximum absolute atomic E-state index is 12.3. The molecule has 1 amide bonds. The van der Waals surface area contributed by atoms with Gasteiger partial charge in [0.2, 0.25) is 5.91 Å². The van der Waals surface area contributed by atoms with Crippen molar-refractivity contribution in [3.8, 4) is 0 Å².